The van der Waals surface area contributed by atoms with Crippen molar-refractivity contribution < 1.29 is 4.79 Å². The van der Waals surface area contributed by atoms with Crippen LogP contribution in [-0.2, 0) is 11.3 Å². The van der Waals surface area contributed by atoms with Gasteiger partial charge in [0.05, 0.1) is 5.01 Å². The van der Waals surface area contributed by atoms with Gasteiger partial charge in [0.1, 0.15) is 12.3 Å². The second kappa shape index (κ2) is 4.61. The summed E-state index contributed by atoms with van der Waals surface area (Å²) < 4.78 is 0. The highest BCUT2D eigenvalue weighted by molar-refractivity contribution is 7.11. The summed E-state index contributed by atoms with van der Waals surface area (Å²) in [5.41, 5.74) is 0. The fourth-order valence-corrected chi connectivity index (χ4v) is 2.83. The Hall–Kier alpha value is -1.10. The lowest BCUT2D eigenvalue weighted by atomic mass is 9.89. The number of Topliss-reactive ketones (excluding diaryl/α,β-unsaturated/α-hetero) is 1. The van der Waals surface area contributed by atoms with Gasteiger partial charge in [-0.3, -0.25) is 4.79 Å². The molecule has 1 aromatic rings. The predicted molar refractivity (Wildman–Crippen MR) is 57.8 cm³/mol. The fourth-order valence-electron chi connectivity index (χ4n) is 1.83. The Bertz CT molecular complexity index is 365. The molecule has 4 nitrogen and oxygen atoms in total. The van der Waals surface area contributed by atoms with Crippen molar-refractivity contribution in [3.63, 3.8) is 0 Å². The van der Waals surface area contributed by atoms with E-state index in [2.05, 4.69) is 10.2 Å². The van der Waals surface area contributed by atoms with Crippen LogP contribution in [0.3, 0.4) is 0 Å². The van der Waals surface area contributed by atoms with Crippen LogP contribution in [0.25, 0.3) is 0 Å². The standard InChI is InChI=1S/C10H12N2O2S/c13-8-3-1-7(2-4-8)10-11-5-9(15-10)6-12-14/h5,7H,1-4,6H2. The Kier molecular flexibility index (Phi) is 3.20. The molecule has 2 rings (SSSR count). The van der Waals surface area contributed by atoms with Crippen LogP contribution in [0.4, 0.5) is 0 Å². The van der Waals surface area contributed by atoms with Crippen molar-refractivity contribution in [1.82, 2.24) is 4.98 Å². The number of carbonyl (C=O) groups is 1. The van der Waals surface area contributed by atoms with Gasteiger partial charge in [-0.05, 0) is 12.8 Å². The van der Waals surface area contributed by atoms with Gasteiger partial charge in [0, 0.05) is 29.8 Å². The Morgan fingerprint density at radius 3 is 2.87 bits per heavy atom. The van der Waals surface area contributed by atoms with Crippen LogP contribution in [-0.4, -0.2) is 10.8 Å². The number of hydrogen-bond donors (Lipinski definition) is 0. The smallest absolute Gasteiger partial charge is 0.132 e. The molecular formula is C10H12N2O2S. The number of carbonyl (C=O) groups excluding carboxylic acids is 1. The van der Waals surface area contributed by atoms with Crippen molar-refractivity contribution in [2.24, 2.45) is 5.18 Å². The van der Waals surface area contributed by atoms with Crippen molar-refractivity contribution >= 4 is 17.1 Å². The van der Waals surface area contributed by atoms with Gasteiger partial charge in [0.2, 0.25) is 0 Å². The van der Waals surface area contributed by atoms with Crippen molar-refractivity contribution in [1.29, 1.82) is 0 Å². The first-order valence-electron chi connectivity index (χ1n) is 5.05. The lowest BCUT2D eigenvalue weighted by Gasteiger charge is -2.18. The number of nitrogens with zero attached hydrogens (tertiary/aromatic N) is 2. The molecule has 0 atom stereocenters. The largest absolute Gasteiger partial charge is 0.300 e. The van der Waals surface area contributed by atoms with Crippen LogP contribution < -0.4 is 0 Å². The Morgan fingerprint density at radius 1 is 1.47 bits per heavy atom. The summed E-state index contributed by atoms with van der Waals surface area (Å²) in [5.74, 6) is 0.769. The van der Waals surface area contributed by atoms with Gasteiger partial charge in [0.15, 0.2) is 0 Å². The van der Waals surface area contributed by atoms with Gasteiger partial charge in [-0.25, -0.2) is 4.98 Å². The normalized spacial score (nSPS) is 18.0. The van der Waals surface area contributed by atoms with Crippen LogP contribution in [0.1, 0.15) is 41.5 Å². The molecule has 1 saturated carbocycles. The van der Waals surface area contributed by atoms with Crippen LogP contribution in [0, 0.1) is 4.91 Å². The number of nitroso groups, excluding NO2 is 1. The van der Waals surface area contributed by atoms with E-state index >= 15 is 0 Å². The first kappa shape index (κ1) is 10.4. The topological polar surface area (TPSA) is 59.4 Å². The maximum atomic E-state index is 11.1. The van der Waals surface area contributed by atoms with Gasteiger partial charge >= 0.3 is 0 Å². The predicted octanol–water partition coefficient (Wildman–Crippen LogP) is 2.64. The quantitative estimate of drug-likeness (QED) is 0.741. The average Bonchev–Trinajstić information content (AvgIpc) is 2.68. The molecule has 1 fully saturated rings. The molecule has 0 unspecified atom stereocenters. The molecule has 0 N–H and O–H groups in total. The van der Waals surface area contributed by atoms with E-state index in [1.807, 2.05) is 0 Å². The van der Waals surface area contributed by atoms with Crippen LogP contribution in [0.15, 0.2) is 11.4 Å². The molecule has 80 valence electrons. The number of aromatic nitrogens is 1. The lowest BCUT2D eigenvalue weighted by Crippen LogP contribution is -2.11. The van der Waals surface area contributed by atoms with E-state index in [1.165, 1.54) is 0 Å². The summed E-state index contributed by atoms with van der Waals surface area (Å²) in [5, 5.41) is 3.90. The molecule has 0 radical (unpaired) electrons. The molecule has 1 aromatic heterocycles. The third kappa shape index (κ3) is 2.47. The van der Waals surface area contributed by atoms with Crippen LogP contribution in [0.5, 0.6) is 0 Å². The molecule has 0 aromatic carbocycles. The first-order valence-corrected chi connectivity index (χ1v) is 5.86. The van der Waals surface area contributed by atoms with Gasteiger partial charge in [-0.1, -0.05) is 5.18 Å². The molecule has 0 saturated heterocycles. The highest BCUT2D eigenvalue weighted by atomic mass is 32.1. The number of thiazole rings is 1. The summed E-state index contributed by atoms with van der Waals surface area (Å²) in [6.07, 6.45) is 4.87. The monoisotopic (exact) mass is 224 g/mol. The molecule has 15 heavy (non-hydrogen) atoms. The van der Waals surface area contributed by atoms with E-state index in [0.29, 0.717) is 24.5 Å². The van der Waals surface area contributed by atoms with E-state index in [-0.39, 0.29) is 6.54 Å². The minimum absolute atomic E-state index is 0.212. The highest BCUT2D eigenvalue weighted by Crippen LogP contribution is 2.33. The minimum Gasteiger partial charge on any atom is -0.300 e. The maximum absolute atomic E-state index is 11.1. The third-order valence-electron chi connectivity index (χ3n) is 2.68. The van der Waals surface area contributed by atoms with Crippen molar-refractivity contribution in [2.75, 3.05) is 0 Å². The van der Waals surface area contributed by atoms with E-state index in [0.717, 1.165) is 22.7 Å². The Morgan fingerprint density at radius 2 is 2.20 bits per heavy atom. The van der Waals surface area contributed by atoms with E-state index < -0.39 is 0 Å². The SMILES string of the molecule is O=NCc1cnc(C2CCC(=O)CC2)s1. The Labute approximate surface area is 91.7 Å². The molecule has 0 aliphatic heterocycles. The molecular weight excluding hydrogens is 212 g/mol. The summed E-state index contributed by atoms with van der Waals surface area (Å²) >= 11 is 1.55. The Balaban J connectivity index is 2.02. The number of hydrogen-bond acceptors (Lipinski definition) is 5. The zero-order valence-electron chi connectivity index (χ0n) is 8.31. The summed E-state index contributed by atoms with van der Waals surface area (Å²) in [6, 6.07) is 0. The molecule has 1 aliphatic rings. The highest BCUT2D eigenvalue weighted by Gasteiger charge is 2.22. The van der Waals surface area contributed by atoms with Crippen molar-refractivity contribution in [2.45, 2.75) is 38.1 Å². The van der Waals surface area contributed by atoms with Gasteiger partial charge in [-0.15, -0.1) is 11.3 Å². The number of ketones is 1. The average molecular weight is 224 g/mol. The van der Waals surface area contributed by atoms with Gasteiger partial charge < -0.3 is 0 Å². The maximum Gasteiger partial charge on any atom is 0.132 e. The van der Waals surface area contributed by atoms with E-state index in [9.17, 15) is 9.70 Å². The summed E-state index contributed by atoms with van der Waals surface area (Å²) in [6.45, 7) is 0.212. The summed E-state index contributed by atoms with van der Waals surface area (Å²) in [4.78, 5) is 26.4. The minimum atomic E-state index is 0.212. The third-order valence-corrected chi connectivity index (χ3v) is 3.83. The van der Waals surface area contributed by atoms with E-state index in [4.69, 9.17) is 0 Å². The van der Waals surface area contributed by atoms with Crippen molar-refractivity contribution in [3.8, 4) is 0 Å². The van der Waals surface area contributed by atoms with Gasteiger partial charge in [0.25, 0.3) is 0 Å². The summed E-state index contributed by atoms with van der Waals surface area (Å²) in [7, 11) is 0. The van der Waals surface area contributed by atoms with E-state index in [1.54, 1.807) is 17.5 Å². The fraction of sp³-hybridized carbons (Fsp3) is 0.600. The zero-order chi connectivity index (χ0) is 10.7. The first-order chi connectivity index (χ1) is 7.29. The second-order valence-electron chi connectivity index (χ2n) is 3.76. The molecule has 0 spiro atoms. The molecule has 1 heterocycles. The second-order valence-corrected chi connectivity index (χ2v) is 4.91. The lowest BCUT2D eigenvalue weighted by molar-refractivity contribution is -0.120. The zero-order valence-corrected chi connectivity index (χ0v) is 9.13. The molecule has 1 aliphatic carbocycles. The van der Waals surface area contributed by atoms with Crippen LogP contribution in [0.2, 0.25) is 0 Å². The van der Waals surface area contributed by atoms with Gasteiger partial charge in [-0.2, -0.15) is 4.91 Å². The van der Waals surface area contributed by atoms with Crippen LogP contribution >= 0.6 is 11.3 Å². The molecule has 0 bridgehead atoms. The molecule has 0 amide bonds. The molecule has 5 heteroatoms. The number of rotatable bonds is 3. The van der Waals surface area contributed by atoms with Crippen molar-refractivity contribution in [3.05, 3.63) is 21.0 Å².